The first-order chi connectivity index (χ1) is 10.7. The largest absolute Gasteiger partial charge is 0.423 e. The minimum absolute atomic E-state index is 0.0686. The van der Waals surface area contributed by atoms with E-state index in [1.54, 1.807) is 0 Å². The maximum atomic E-state index is 13.4. The van der Waals surface area contributed by atoms with Gasteiger partial charge in [0.25, 0.3) is 5.69 Å². The molecule has 120 valence electrons. The topological polar surface area (TPSA) is 69.4 Å². The van der Waals surface area contributed by atoms with Crippen LogP contribution in [-0.4, -0.2) is 10.9 Å². The van der Waals surface area contributed by atoms with E-state index >= 15 is 0 Å². The Kier molecular flexibility index (Phi) is 4.30. The normalized spacial score (nSPS) is 11.1. The van der Waals surface area contributed by atoms with Gasteiger partial charge in [0.2, 0.25) is 0 Å². The average molecular weight is 329 g/mol. The van der Waals surface area contributed by atoms with Gasteiger partial charge in [-0.05, 0) is 30.3 Å². The van der Waals surface area contributed by atoms with Gasteiger partial charge >= 0.3 is 12.1 Å². The maximum Gasteiger partial charge on any atom is 0.419 e. The minimum Gasteiger partial charge on any atom is -0.423 e. The van der Waals surface area contributed by atoms with Gasteiger partial charge in [-0.15, -0.1) is 0 Å². The molecule has 0 N–H and O–H groups in total. The second-order valence-corrected chi connectivity index (χ2v) is 4.33. The fraction of sp³-hybridized carbons (Fsp3) is 0.0714. The number of nitro benzene ring substituents is 1. The molecule has 0 spiro atoms. The molecular formula is C14H7F4NO4. The minimum atomic E-state index is -4.87. The number of carbonyl (C=O) groups excluding carboxylic acids is 1. The molecule has 0 unspecified atom stereocenters. The van der Waals surface area contributed by atoms with Crippen LogP contribution in [0, 0.1) is 15.9 Å². The second-order valence-electron chi connectivity index (χ2n) is 4.33. The number of ether oxygens (including phenoxy) is 1. The molecule has 0 heterocycles. The first kappa shape index (κ1) is 16.4. The Hall–Kier alpha value is -2.97. The van der Waals surface area contributed by atoms with Gasteiger partial charge in [-0.25, -0.2) is 9.18 Å². The van der Waals surface area contributed by atoms with Crippen molar-refractivity contribution < 1.29 is 32.0 Å². The summed E-state index contributed by atoms with van der Waals surface area (Å²) >= 11 is 0. The molecule has 0 aliphatic carbocycles. The van der Waals surface area contributed by atoms with E-state index in [0.717, 1.165) is 30.3 Å². The number of nitro groups is 1. The predicted octanol–water partition coefficient (Wildman–Crippen LogP) is 3.97. The Bertz CT molecular complexity index is 756. The number of alkyl halides is 3. The lowest BCUT2D eigenvalue weighted by Crippen LogP contribution is -2.12. The highest BCUT2D eigenvalue weighted by atomic mass is 19.4. The number of esters is 1. The fourth-order valence-corrected chi connectivity index (χ4v) is 1.67. The van der Waals surface area contributed by atoms with Crippen LogP contribution in [0.15, 0.2) is 42.5 Å². The molecule has 5 nitrogen and oxygen atoms in total. The van der Waals surface area contributed by atoms with Gasteiger partial charge in [0.15, 0.2) is 0 Å². The molecule has 0 saturated heterocycles. The maximum absolute atomic E-state index is 13.4. The molecule has 2 rings (SSSR count). The van der Waals surface area contributed by atoms with Crippen molar-refractivity contribution in [3.05, 3.63) is 69.5 Å². The van der Waals surface area contributed by atoms with Gasteiger partial charge in [-0.2, -0.15) is 13.2 Å². The molecule has 0 aliphatic heterocycles. The summed E-state index contributed by atoms with van der Waals surface area (Å²) in [4.78, 5) is 21.6. The van der Waals surface area contributed by atoms with Gasteiger partial charge in [-0.1, -0.05) is 0 Å². The molecule has 0 aromatic heterocycles. The molecule has 0 radical (unpaired) electrons. The predicted molar refractivity (Wildman–Crippen MR) is 69.5 cm³/mol. The van der Waals surface area contributed by atoms with Crippen LogP contribution in [0.25, 0.3) is 0 Å². The Morgan fingerprint density at radius 1 is 1.09 bits per heavy atom. The Morgan fingerprint density at radius 3 is 2.17 bits per heavy atom. The zero-order valence-electron chi connectivity index (χ0n) is 11.1. The molecule has 23 heavy (non-hydrogen) atoms. The smallest absolute Gasteiger partial charge is 0.419 e. The van der Waals surface area contributed by atoms with Crippen molar-refractivity contribution in [2.45, 2.75) is 6.18 Å². The van der Waals surface area contributed by atoms with E-state index in [-0.39, 0.29) is 11.4 Å². The lowest BCUT2D eigenvalue weighted by Gasteiger charge is -2.09. The third kappa shape index (κ3) is 3.82. The van der Waals surface area contributed by atoms with Gasteiger partial charge in [0, 0.05) is 12.1 Å². The number of halogens is 4. The standard InChI is InChI=1S/C14H7F4NO4/c15-12-7-8(1-6-11(12)14(16,17)18)13(20)23-10-4-2-9(3-5-10)19(21)22/h1-7H. The van der Waals surface area contributed by atoms with Crippen molar-refractivity contribution >= 4 is 11.7 Å². The number of rotatable bonds is 3. The van der Waals surface area contributed by atoms with Crippen LogP contribution >= 0.6 is 0 Å². The molecule has 0 amide bonds. The first-order valence-electron chi connectivity index (χ1n) is 6.02. The zero-order valence-corrected chi connectivity index (χ0v) is 11.1. The van der Waals surface area contributed by atoms with Crippen molar-refractivity contribution in [3.63, 3.8) is 0 Å². The lowest BCUT2D eigenvalue weighted by molar-refractivity contribution is -0.384. The van der Waals surface area contributed by atoms with Gasteiger partial charge in [0.05, 0.1) is 16.1 Å². The van der Waals surface area contributed by atoms with Gasteiger partial charge in [0.1, 0.15) is 11.6 Å². The molecule has 0 atom stereocenters. The molecule has 2 aromatic carbocycles. The summed E-state index contributed by atoms with van der Waals surface area (Å²) in [5.74, 6) is -2.76. The summed E-state index contributed by atoms with van der Waals surface area (Å²) in [5.41, 5.74) is -2.15. The van der Waals surface area contributed by atoms with Crippen LogP contribution in [0.3, 0.4) is 0 Å². The number of carbonyl (C=O) groups is 1. The third-order valence-corrected chi connectivity index (χ3v) is 2.77. The fourth-order valence-electron chi connectivity index (χ4n) is 1.67. The first-order valence-corrected chi connectivity index (χ1v) is 6.02. The SMILES string of the molecule is O=C(Oc1ccc([N+](=O)[O-])cc1)c1ccc(C(F)(F)F)c(F)c1. The van der Waals surface area contributed by atoms with Crippen LogP contribution in [0.1, 0.15) is 15.9 Å². The van der Waals surface area contributed by atoms with E-state index in [4.69, 9.17) is 4.74 Å². The van der Waals surface area contributed by atoms with E-state index in [1.165, 1.54) is 0 Å². The monoisotopic (exact) mass is 329 g/mol. The van der Waals surface area contributed by atoms with Crippen molar-refractivity contribution in [1.29, 1.82) is 0 Å². The average Bonchev–Trinajstić information content (AvgIpc) is 2.46. The number of non-ortho nitro benzene ring substituents is 1. The second kappa shape index (κ2) is 6.03. The Labute approximate surface area is 126 Å². The summed E-state index contributed by atoms with van der Waals surface area (Å²) in [7, 11) is 0. The molecule has 2 aromatic rings. The van der Waals surface area contributed by atoms with Gasteiger partial charge in [-0.3, -0.25) is 10.1 Å². The molecule has 9 heteroatoms. The highest BCUT2D eigenvalue weighted by Gasteiger charge is 2.34. The highest BCUT2D eigenvalue weighted by Crippen LogP contribution is 2.31. The molecule has 0 aliphatic rings. The third-order valence-electron chi connectivity index (χ3n) is 2.77. The van der Waals surface area contributed by atoms with E-state index in [0.29, 0.717) is 12.1 Å². The summed E-state index contributed by atoms with van der Waals surface area (Å²) in [6.07, 6.45) is -4.87. The molecule has 0 saturated carbocycles. The van der Waals surface area contributed by atoms with Crippen LogP contribution in [0.4, 0.5) is 23.2 Å². The van der Waals surface area contributed by atoms with Crippen LogP contribution in [-0.2, 0) is 6.18 Å². The molecule has 0 fully saturated rings. The van der Waals surface area contributed by atoms with E-state index in [9.17, 15) is 32.5 Å². The molecule has 0 bridgehead atoms. The van der Waals surface area contributed by atoms with Crippen molar-refractivity contribution in [2.75, 3.05) is 0 Å². The Balaban J connectivity index is 2.18. The van der Waals surface area contributed by atoms with Crippen LogP contribution in [0.5, 0.6) is 5.75 Å². The van der Waals surface area contributed by atoms with Crippen LogP contribution < -0.4 is 4.74 Å². The zero-order chi connectivity index (χ0) is 17.2. The quantitative estimate of drug-likeness (QED) is 0.281. The summed E-state index contributed by atoms with van der Waals surface area (Å²) < 4.78 is 55.5. The van der Waals surface area contributed by atoms with Gasteiger partial charge < -0.3 is 4.74 Å². The number of hydrogen-bond donors (Lipinski definition) is 0. The summed E-state index contributed by atoms with van der Waals surface area (Å²) in [6, 6.07) is 6.05. The highest BCUT2D eigenvalue weighted by molar-refractivity contribution is 5.91. The Morgan fingerprint density at radius 2 is 1.70 bits per heavy atom. The summed E-state index contributed by atoms with van der Waals surface area (Å²) in [5, 5.41) is 10.5. The van der Waals surface area contributed by atoms with Crippen molar-refractivity contribution in [3.8, 4) is 5.75 Å². The number of benzene rings is 2. The lowest BCUT2D eigenvalue weighted by atomic mass is 10.1. The van der Waals surface area contributed by atoms with E-state index in [2.05, 4.69) is 0 Å². The van der Waals surface area contributed by atoms with E-state index in [1.807, 2.05) is 0 Å². The molecular weight excluding hydrogens is 322 g/mol. The van der Waals surface area contributed by atoms with E-state index < -0.39 is 34.0 Å². The van der Waals surface area contributed by atoms with Crippen LogP contribution in [0.2, 0.25) is 0 Å². The van der Waals surface area contributed by atoms with Crippen molar-refractivity contribution in [2.24, 2.45) is 0 Å². The summed E-state index contributed by atoms with van der Waals surface area (Å²) in [6.45, 7) is 0. The number of hydrogen-bond acceptors (Lipinski definition) is 4. The number of nitrogens with zero attached hydrogens (tertiary/aromatic N) is 1. The van der Waals surface area contributed by atoms with Crippen molar-refractivity contribution in [1.82, 2.24) is 0 Å².